The van der Waals surface area contributed by atoms with E-state index < -0.39 is 6.17 Å². The molecule has 1 atom stereocenters. The highest BCUT2D eigenvalue weighted by atomic mass is 19.1. The molecule has 186 valence electrons. The molecular weight excluding hydrogens is 431 g/mol. The molecule has 0 unspecified atom stereocenters. The highest BCUT2D eigenvalue weighted by Gasteiger charge is 2.22. The van der Waals surface area contributed by atoms with Crippen LogP contribution in [0.5, 0.6) is 0 Å². The van der Waals surface area contributed by atoms with Crippen LogP contribution in [0.25, 0.3) is 11.3 Å². The first-order valence-electron chi connectivity index (χ1n) is 13.0. The topological polar surface area (TPSA) is 95.0 Å². The predicted molar refractivity (Wildman–Crippen MR) is 135 cm³/mol. The third kappa shape index (κ3) is 7.09. The summed E-state index contributed by atoms with van der Waals surface area (Å²) in [6, 6.07) is 4.98. The zero-order chi connectivity index (χ0) is 23.8. The molecule has 2 heterocycles. The lowest BCUT2D eigenvalue weighted by molar-refractivity contribution is 0.126. The summed E-state index contributed by atoms with van der Waals surface area (Å²) < 4.78 is 13.7. The van der Waals surface area contributed by atoms with Crippen LogP contribution in [0.15, 0.2) is 24.5 Å². The molecule has 8 heteroatoms. The maximum Gasteiger partial charge on any atom is 0.224 e. The van der Waals surface area contributed by atoms with Crippen molar-refractivity contribution in [2.75, 3.05) is 17.2 Å². The molecule has 2 fully saturated rings. The Balaban J connectivity index is 1.46. The molecule has 0 spiro atoms. The summed E-state index contributed by atoms with van der Waals surface area (Å²) in [6.45, 7) is 2.83. The van der Waals surface area contributed by atoms with E-state index in [0.29, 0.717) is 24.2 Å². The van der Waals surface area contributed by atoms with E-state index in [-0.39, 0.29) is 18.7 Å². The largest absolute Gasteiger partial charge is 0.393 e. The summed E-state index contributed by atoms with van der Waals surface area (Å²) >= 11 is 0. The van der Waals surface area contributed by atoms with Crippen LogP contribution in [0, 0.1) is 0 Å². The van der Waals surface area contributed by atoms with Gasteiger partial charge in [0.25, 0.3) is 0 Å². The second-order valence-electron chi connectivity index (χ2n) is 9.76. The zero-order valence-corrected chi connectivity index (χ0v) is 20.3. The Bertz CT molecular complexity index is 881. The molecule has 0 aliphatic heterocycles. The van der Waals surface area contributed by atoms with Gasteiger partial charge in [0, 0.05) is 37.6 Å². The molecule has 2 aromatic rings. The molecule has 34 heavy (non-hydrogen) atoms. The third-order valence-electron chi connectivity index (χ3n) is 7.05. The van der Waals surface area contributed by atoms with Gasteiger partial charge in [-0.2, -0.15) is 4.98 Å². The van der Waals surface area contributed by atoms with Crippen molar-refractivity contribution in [3.63, 3.8) is 0 Å². The number of hydrogen-bond acceptors (Lipinski definition) is 7. The Morgan fingerprint density at radius 3 is 2.50 bits per heavy atom. The van der Waals surface area contributed by atoms with Crippen molar-refractivity contribution >= 4 is 11.8 Å². The smallest absolute Gasteiger partial charge is 0.224 e. The van der Waals surface area contributed by atoms with Crippen molar-refractivity contribution in [2.24, 2.45) is 0 Å². The number of rotatable bonds is 10. The molecule has 2 aromatic heterocycles. The van der Waals surface area contributed by atoms with Gasteiger partial charge >= 0.3 is 0 Å². The van der Waals surface area contributed by atoms with E-state index in [2.05, 4.69) is 32.0 Å². The SMILES string of the molecule is CC[C@H](F)CNc1ncc(-c2ccc(CNC3CCCCC3)cn2)c(NC2CCC(O)CC2)n1. The number of halogens is 1. The number of aromatic nitrogens is 3. The summed E-state index contributed by atoms with van der Waals surface area (Å²) in [5, 5.41) is 20.1. The number of pyridine rings is 1. The molecule has 4 rings (SSSR count). The van der Waals surface area contributed by atoms with Crippen LogP contribution >= 0.6 is 0 Å². The van der Waals surface area contributed by atoms with Crippen molar-refractivity contribution in [2.45, 2.75) is 102 Å². The number of anilines is 2. The van der Waals surface area contributed by atoms with Crippen LogP contribution in [-0.4, -0.2) is 51.0 Å². The monoisotopic (exact) mass is 470 g/mol. The van der Waals surface area contributed by atoms with Crippen LogP contribution in [0.2, 0.25) is 0 Å². The van der Waals surface area contributed by atoms with E-state index in [1.807, 2.05) is 19.2 Å². The van der Waals surface area contributed by atoms with E-state index in [0.717, 1.165) is 49.0 Å². The molecule has 0 saturated heterocycles. The number of hydrogen-bond donors (Lipinski definition) is 4. The lowest BCUT2D eigenvalue weighted by Gasteiger charge is -2.27. The molecule has 0 aromatic carbocycles. The predicted octanol–water partition coefficient (Wildman–Crippen LogP) is 4.84. The van der Waals surface area contributed by atoms with E-state index in [1.165, 1.54) is 32.1 Å². The van der Waals surface area contributed by atoms with Gasteiger partial charge in [-0.3, -0.25) is 4.98 Å². The minimum absolute atomic E-state index is 0.186. The lowest BCUT2D eigenvalue weighted by Crippen LogP contribution is -2.30. The Labute approximate surface area is 202 Å². The van der Waals surface area contributed by atoms with Gasteiger partial charge in [-0.15, -0.1) is 0 Å². The standard InChI is InChI=1S/C26H39FN6O/c1-2-19(27)16-30-26-31-17-23(25(33-26)32-21-9-11-22(34)12-10-21)24-13-8-18(15-29-24)14-28-20-6-4-3-5-7-20/h8,13,15,17,19-22,28,34H,2-7,9-12,14,16H2,1H3,(H2,30,31,32,33)/t19-,21?,22?/m0/s1. The summed E-state index contributed by atoms with van der Waals surface area (Å²) in [7, 11) is 0. The van der Waals surface area contributed by atoms with Crippen molar-refractivity contribution in [3.8, 4) is 11.3 Å². The number of aliphatic hydroxyl groups is 1. The highest BCUT2D eigenvalue weighted by molar-refractivity contribution is 5.73. The molecular formula is C26H39FN6O. The number of alkyl halides is 1. The quantitative estimate of drug-likeness (QED) is 0.395. The van der Waals surface area contributed by atoms with Crippen molar-refractivity contribution in [1.29, 1.82) is 0 Å². The van der Waals surface area contributed by atoms with Crippen molar-refractivity contribution in [3.05, 3.63) is 30.1 Å². The van der Waals surface area contributed by atoms with Gasteiger partial charge in [0.1, 0.15) is 12.0 Å². The third-order valence-corrected chi connectivity index (χ3v) is 7.05. The molecule has 0 radical (unpaired) electrons. The van der Waals surface area contributed by atoms with Gasteiger partial charge < -0.3 is 21.1 Å². The van der Waals surface area contributed by atoms with E-state index in [4.69, 9.17) is 4.98 Å². The van der Waals surface area contributed by atoms with Crippen LogP contribution in [0.1, 0.15) is 76.7 Å². The first kappa shape index (κ1) is 24.8. The second kappa shape index (κ2) is 12.4. The van der Waals surface area contributed by atoms with Gasteiger partial charge in [-0.1, -0.05) is 32.3 Å². The first-order chi connectivity index (χ1) is 16.6. The van der Waals surface area contributed by atoms with Gasteiger partial charge in [0.15, 0.2) is 0 Å². The Morgan fingerprint density at radius 2 is 1.79 bits per heavy atom. The van der Waals surface area contributed by atoms with Crippen molar-refractivity contribution in [1.82, 2.24) is 20.3 Å². The minimum Gasteiger partial charge on any atom is -0.393 e. The highest BCUT2D eigenvalue weighted by Crippen LogP contribution is 2.29. The van der Waals surface area contributed by atoms with Gasteiger partial charge in [0.2, 0.25) is 5.95 Å². The number of aliphatic hydroxyl groups excluding tert-OH is 1. The van der Waals surface area contributed by atoms with E-state index >= 15 is 0 Å². The van der Waals surface area contributed by atoms with Crippen molar-refractivity contribution < 1.29 is 9.50 Å². The normalized spacial score (nSPS) is 22.3. The Hall–Kier alpha value is -2.32. The molecule has 2 saturated carbocycles. The molecule has 7 nitrogen and oxygen atoms in total. The zero-order valence-electron chi connectivity index (χ0n) is 20.3. The second-order valence-corrected chi connectivity index (χ2v) is 9.76. The molecule has 0 bridgehead atoms. The minimum atomic E-state index is -0.934. The maximum atomic E-state index is 13.7. The summed E-state index contributed by atoms with van der Waals surface area (Å²) in [4.78, 5) is 13.8. The van der Waals surface area contributed by atoms with Gasteiger partial charge in [-0.25, -0.2) is 9.37 Å². The average Bonchev–Trinajstić information content (AvgIpc) is 2.88. The fraction of sp³-hybridized carbons (Fsp3) is 0.654. The summed E-state index contributed by atoms with van der Waals surface area (Å²) in [5.74, 6) is 1.11. The molecule has 0 amide bonds. The van der Waals surface area contributed by atoms with E-state index in [1.54, 1.807) is 6.20 Å². The lowest BCUT2D eigenvalue weighted by atomic mass is 9.93. The first-order valence-corrected chi connectivity index (χ1v) is 13.0. The van der Waals surface area contributed by atoms with Crippen LogP contribution < -0.4 is 16.0 Å². The molecule has 2 aliphatic carbocycles. The Morgan fingerprint density at radius 1 is 1.00 bits per heavy atom. The summed E-state index contributed by atoms with van der Waals surface area (Å²) in [5.41, 5.74) is 2.80. The fourth-order valence-corrected chi connectivity index (χ4v) is 4.78. The summed E-state index contributed by atoms with van der Waals surface area (Å²) in [6.07, 6.45) is 12.8. The van der Waals surface area contributed by atoms with Crippen LogP contribution in [0.3, 0.4) is 0 Å². The average molecular weight is 471 g/mol. The van der Waals surface area contributed by atoms with E-state index in [9.17, 15) is 9.50 Å². The maximum absolute atomic E-state index is 13.7. The number of nitrogens with zero attached hydrogens (tertiary/aromatic N) is 3. The number of nitrogens with one attached hydrogen (secondary N) is 3. The molecule has 4 N–H and O–H groups in total. The van der Waals surface area contributed by atoms with Crippen LogP contribution in [0.4, 0.5) is 16.2 Å². The van der Waals surface area contributed by atoms with Gasteiger partial charge in [0.05, 0.1) is 17.4 Å². The van der Waals surface area contributed by atoms with Crippen LogP contribution in [-0.2, 0) is 6.54 Å². The van der Waals surface area contributed by atoms with Gasteiger partial charge in [-0.05, 0) is 56.6 Å². The Kier molecular flexibility index (Phi) is 9.04. The fourth-order valence-electron chi connectivity index (χ4n) is 4.78. The molecule has 2 aliphatic rings.